The van der Waals surface area contributed by atoms with Gasteiger partial charge in [0.05, 0.1) is 19.4 Å². The van der Waals surface area contributed by atoms with Crippen molar-refractivity contribution >= 4 is 12.0 Å². The molecule has 0 radical (unpaired) electrons. The highest BCUT2D eigenvalue weighted by molar-refractivity contribution is 5.83. The smallest absolute Gasteiger partial charge is 0.328 e. The number of hydrogen-bond acceptors (Lipinski definition) is 4. The maximum absolute atomic E-state index is 12.2. The Morgan fingerprint density at radius 3 is 2.85 bits per heavy atom. The summed E-state index contributed by atoms with van der Waals surface area (Å²) >= 11 is 0. The second-order valence-electron chi connectivity index (χ2n) is 4.73. The summed E-state index contributed by atoms with van der Waals surface area (Å²) in [5, 5.41) is 11.5. The standard InChI is InChI=1S/C13H18N2O5/c1-19-8-11(12(16)17)14-13(18)15(9-4-5-9)7-10-3-2-6-20-10/h2-3,6,9,11H,4-5,7-8H2,1H3,(H,14,18)(H,16,17). The van der Waals surface area contributed by atoms with Gasteiger partial charge in [-0.15, -0.1) is 0 Å². The summed E-state index contributed by atoms with van der Waals surface area (Å²) in [4.78, 5) is 24.8. The van der Waals surface area contributed by atoms with Crippen LogP contribution in [0, 0.1) is 0 Å². The van der Waals surface area contributed by atoms with E-state index in [4.69, 9.17) is 14.3 Å². The third-order valence-electron chi connectivity index (χ3n) is 3.08. The van der Waals surface area contributed by atoms with Crippen LogP contribution in [-0.4, -0.2) is 47.8 Å². The molecular weight excluding hydrogens is 264 g/mol. The maximum Gasteiger partial charge on any atom is 0.328 e. The van der Waals surface area contributed by atoms with Crippen molar-refractivity contribution in [2.45, 2.75) is 31.5 Å². The minimum Gasteiger partial charge on any atom is -0.480 e. The average molecular weight is 282 g/mol. The molecule has 2 amide bonds. The van der Waals surface area contributed by atoms with E-state index in [1.807, 2.05) is 0 Å². The second-order valence-corrected chi connectivity index (χ2v) is 4.73. The number of furan rings is 1. The van der Waals surface area contributed by atoms with Crippen LogP contribution in [0.4, 0.5) is 4.79 Å². The van der Waals surface area contributed by atoms with Crippen LogP contribution in [0.15, 0.2) is 22.8 Å². The van der Waals surface area contributed by atoms with Gasteiger partial charge in [-0.3, -0.25) is 0 Å². The Morgan fingerprint density at radius 1 is 1.60 bits per heavy atom. The Labute approximate surface area is 116 Å². The van der Waals surface area contributed by atoms with Crippen molar-refractivity contribution in [2.24, 2.45) is 0 Å². The molecule has 1 aromatic heterocycles. The van der Waals surface area contributed by atoms with E-state index in [1.165, 1.54) is 7.11 Å². The molecule has 1 fully saturated rings. The molecule has 0 bridgehead atoms. The van der Waals surface area contributed by atoms with Crippen molar-refractivity contribution in [3.8, 4) is 0 Å². The lowest BCUT2D eigenvalue weighted by Gasteiger charge is -2.24. The number of nitrogens with zero attached hydrogens (tertiary/aromatic N) is 1. The monoisotopic (exact) mass is 282 g/mol. The van der Waals surface area contributed by atoms with Gasteiger partial charge in [0.15, 0.2) is 6.04 Å². The number of methoxy groups -OCH3 is 1. The molecule has 1 atom stereocenters. The summed E-state index contributed by atoms with van der Waals surface area (Å²) in [5.74, 6) is -0.445. The number of carbonyl (C=O) groups is 2. The lowest BCUT2D eigenvalue weighted by molar-refractivity contribution is -0.140. The normalized spacial score (nSPS) is 15.7. The molecule has 2 rings (SSSR count). The van der Waals surface area contributed by atoms with Gasteiger partial charge in [-0.25, -0.2) is 9.59 Å². The fourth-order valence-electron chi connectivity index (χ4n) is 1.90. The molecule has 7 nitrogen and oxygen atoms in total. The summed E-state index contributed by atoms with van der Waals surface area (Å²) in [6.07, 6.45) is 3.40. The summed E-state index contributed by atoms with van der Waals surface area (Å²) < 4.78 is 10.0. The summed E-state index contributed by atoms with van der Waals surface area (Å²) in [6.45, 7) is 0.267. The van der Waals surface area contributed by atoms with E-state index in [0.717, 1.165) is 12.8 Å². The summed E-state index contributed by atoms with van der Waals surface area (Å²) in [5.41, 5.74) is 0. The number of carboxylic acids is 1. The number of nitrogens with one attached hydrogen (secondary N) is 1. The Kier molecular flexibility index (Phi) is 4.62. The van der Waals surface area contributed by atoms with Gasteiger partial charge in [0.25, 0.3) is 0 Å². The molecule has 110 valence electrons. The number of urea groups is 1. The molecule has 1 aliphatic carbocycles. The molecule has 1 unspecified atom stereocenters. The fraction of sp³-hybridized carbons (Fsp3) is 0.538. The van der Waals surface area contributed by atoms with Crippen LogP contribution in [0.3, 0.4) is 0 Å². The topological polar surface area (TPSA) is 92.0 Å². The van der Waals surface area contributed by atoms with E-state index in [0.29, 0.717) is 12.3 Å². The first-order valence-electron chi connectivity index (χ1n) is 6.43. The molecule has 0 aliphatic heterocycles. The quantitative estimate of drug-likeness (QED) is 0.780. The van der Waals surface area contributed by atoms with Crippen molar-refractivity contribution in [3.05, 3.63) is 24.2 Å². The van der Waals surface area contributed by atoms with Crippen molar-refractivity contribution in [2.75, 3.05) is 13.7 Å². The first-order valence-corrected chi connectivity index (χ1v) is 6.43. The van der Waals surface area contributed by atoms with Crippen molar-refractivity contribution in [1.29, 1.82) is 0 Å². The number of ether oxygens (including phenoxy) is 1. The summed E-state index contributed by atoms with van der Waals surface area (Å²) in [7, 11) is 1.39. The number of aliphatic carboxylic acids is 1. The molecule has 20 heavy (non-hydrogen) atoms. The Bertz CT molecular complexity index is 455. The largest absolute Gasteiger partial charge is 0.480 e. The zero-order valence-corrected chi connectivity index (χ0v) is 11.2. The first-order chi connectivity index (χ1) is 9.61. The molecule has 1 saturated carbocycles. The SMILES string of the molecule is COCC(NC(=O)N(Cc1ccco1)C1CC1)C(=O)O. The predicted octanol–water partition coefficient (Wildman–Crippen LogP) is 1.05. The second kappa shape index (κ2) is 6.42. The van der Waals surface area contributed by atoms with Gasteiger partial charge in [-0.05, 0) is 25.0 Å². The van der Waals surface area contributed by atoms with Crippen LogP contribution < -0.4 is 5.32 Å². The van der Waals surface area contributed by atoms with Crippen LogP contribution in [0.1, 0.15) is 18.6 Å². The molecular formula is C13H18N2O5. The van der Waals surface area contributed by atoms with Crippen molar-refractivity contribution in [3.63, 3.8) is 0 Å². The van der Waals surface area contributed by atoms with Gasteiger partial charge in [0.1, 0.15) is 5.76 Å². The molecule has 1 heterocycles. The van der Waals surface area contributed by atoms with E-state index in [2.05, 4.69) is 5.32 Å². The Balaban J connectivity index is 1.97. The fourth-order valence-corrected chi connectivity index (χ4v) is 1.90. The molecule has 0 aromatic carbocycles. The minimum absolute atomic E-state index is 0.0691. The molecule has 1 aliphatic rings. The summed E-state index contributed by atoms with van der Waals surface area (Å²) in [6, 6.07) is 2.23. The van der Waals surface area contributed by atoms with Gasteiger partial charge in [-0.1, -0.05) is 0 Å². The van der Waals surface area contributed by atoms with E-state index in [-0.39, 0.29) is 12.6 Å². The van der Waals surface area contributed by atoms with Crippen LogP contribution in [-0.2, 0) is 16.1 Å². The lowest BCUT2D eigenvalue weighted by atomic mass is 10.3. The van der Waals surface area contributed by atoms with Crippen molar-refractivity contribution < 1.29 is 23.8 Å². The molecule has 0 spiro atoms. The average Bonchev–Trinajstić information content (AvgIpc) is 3.12. The lowest BCUT2D eigenvalue weighted by Crippen LogP contribution is -2.50. The number of amides is 2. The number of carboxylic acid groups (broad SMARTS) is 1. The predicted molar refractivity (Wildman–Crippen MR) is 69.1 cm³/mol. The van der Waals surface area contributed by atoms with Crippen LogP contribution in [0.5, 0.6) is 0 Å². The molecule has 2 N–H and O–H groups in total. The van der Waals surface area contributed by atoms with E-state index >= 15 is 0 Å². The highest BCUT2D eigenvalue weighted by atomic mass is 16.5. The van der Waals surface area contributed by atoms with Gasteiger partial charge in [0, 0.05) is 13.2 Å². The van der Waals surface area contributed by atoms with Crippen LogP contribution in [0.2, 0.25) is 0 Å². The third kappa shape index (κ3) is 3.74. The van der Waals surface area contributed by atoms with Gasteiger partial charge in [0.2, 0.25) is 0 Å². The first kappa shape index (κ1) is 14.4. The number of carbonyl (C=O) groups excluding carboxylic acids is 1. The Hall–Kier alpha value is -2.02. The van der Waals surface area contributed by atoms with E-state index in [1.54, 1.807) is 23.3 Å². The molecule has 1 aromatic rings. The zero-order valence-electron chi connectivity index (χ0n) is 11.2. The van der Waals surface area contributed by atoms with E-state index in [9.17, 15) is 9.59 Å². The minimum atomic E-state index is -1.12. The molecule has 7 heteroatoms. The highest BCUT2D eigenvalue weighted by Gasteiger charge is 2.34. The van der Waals surface area contributed by atoms with Crippen LogP contribution >= 0.6 is 0 Å². The third-order valence-corrected chi connectivity index (χ3v) is 3.08. The number of hydrogen-bond donors (Lipinski definition) is 2. The van der Waals surface area contributed by atoms with Gasteiger partial charge < -0.3 is 24.5 Å². The van der Waals surface area contributed by atoms with Gasteiger partial charge >= 0.3 is 12.0 Å². The van der Waals surface area contributed by atoms with E-state index < -0.39 is 18.0 Å². The van der Waals surface area contributed by atoms with Gasteiger partial charge in [-0.2, -0.15) is 0 Å². The van der Waals surface area contributed by atoms with Crippen LogP contribution in [0.25, 0.3) is 0 Å². The Morgan fingerprint density at radius 2 is 2.35 bits per heavy atom. The molecule has 0 saturated heterocycles. The number of rotatable bonds is 7. The zero-order chi connectivity index (χ0) is 14.5. The van der Waals surface area contributed by atoms with Crippen molar-refractivity contribution in [1.82, 2.24) is 10.2 Å². The maximum atomic E-state index is 12.2. The highest BCUT2D eigenvalue weighted by Crippen LogP contribution is 2.28.